The molecular weight excluding hydrogens is 209 g/mol. The van der Waals surface area contributed by atoms with E-state index < -0.39 is 0 Å². The smallest absolute Gasteiger partial charge is 0.147 e. The van der Waals surface area contributed by atoms with E-state index in [9.17, 15) is 4.39 Å². The van der Waals surface area contributed by atoms with Crippen LogP contribution in [0.2, 0.25) is 0 Å². The zero-order valence-electron chi connectivity index (χ0n) is 6.20. The normalized spacial score (nSPS) is 10.1. The Labute approximate surface area is 73.5 Å². The Morgan fingerprint density at radius 1 is 1.55 bits per heavy atom. The molecule has 0 saturated heterocycles. The van der Waals surface area contributed by atoms with E-state index in [2.05, 4.69) is 15.9 Å². The van der Waals surface area contributed by atoms with E-state index >= 15 is 0 Å². The first-order chi connectivity index (χ1) is 5.16. The largest absolute Gasteiger partial charge is 0.395 e. The van der Waals surface area contributed by atoms with E-state index in [0.717, 1.165) is 12.0 Å². The van der Waals surface area contributed by atoms with Crippen LogP contribution in [0.4, 0.5) is 10.1 Å². The lowest BCUT2D eigenvalue weighted by Gasteiger charge is -2.04. The summed E-state index contributed by atoms with van der Waals surface area (Å²) in [6.07, 6.45) is 0.852. The predicted octanol–water partition coefficient (Wildman–Crippen LogP) is 2.73. The minimum Gasteiger partial charge on any atom is -0.395 e. The Balaban J connectivity index is 3.25. The third-order valence-electron chi connectivity index (χ3n) is 1.59. The molecule has 1 nitrogen and oxygen atoms in total. The number of nitrogen functional groups attached to an aromatic ring is 1. The molecule has 0 radical (unpaired) electrons. The Morgan fingerprint density at radius 2 is 2.18 bits per heavy atom. The highest BCUT2D eigenvalue weighted by Gasteiger charge is 2.05. The van der Waals surface area contributed by atoms with Gasteiger partial charge in [-0.3, -0.25) is 0 Å². The molecule has 11 heavy (non-hydrogen) atoms. The molecule has 0 aliphatic heterocycles. The van der Waals surface area contributed by atoms with E-state index in [4.69, 9.17) is 5.73 Å². The Hall–Kier alpha value is -0.570. The van der Waals surface area contributed by atoms with Crippen LogP contribution in [0.3, 0.4) is 0 Å². The summed E-state index contributed by atoms with van der Waals surface area (Å²) in [6.45, 7) is 2.00. The number of aryl methyl sites for hydroxylation is 1. The van der Waals surface area contributed by atoms with Crippen molar-refractivity contribution in [2.75, 3.05) is 5.73 Å². The van der Waals surface area contributed by atoms with Gasteiger partial charge in [-0.2, -0.15) is 0 Å². The van der Waals surface area contributed by atoms with Gasteiger partial charge in [0.25, 0.3) is 0 Å². The standard InChI is InChI=1S/C8H9BrFN/c1-2-5-3-4-6(10)8(11)7(5)9/h3-4H,2,11H2,1H3. The molecule has 1 aromatic rings. The highest BCUT2D eigenvalue weighted by atomic mass is 79.9. The van der Waals surface area contributed by atoms with Gasteiger partial charge in [-0.1, -0.05) is 13.0 Å². The van der Waals surface area contributed by atoms with Gasteiger partial charge in [0, 0.05) is 4.47 Å². The van der Waals surface area contributed by atoms with Gasteiger partial charge in [-0.25, -0.2) is 4.39 Å². The van der Waals surface area contributed by atoms with Gasteiger partial charge in [0.15, 0.2) is 0 Å². The van der Waals surface area contributed by atoms with Crippen LogP contribution in [0.5, 0.6) is 0 Å². The number of anilines is 1. The molecule has 0 atom stereocenters. The van der Waals surface area contributed by atoms with Crippen molar-refractivity contribution < 1.29 is 4.39 Å². The van der Waals surface area contributed by atoms with Crippen LogP contribution < -0.4 is 5.73 Å². The first-order valence-corrected chi connectivity index (χ1v) is 4.18. The summed E-state index contributed by atoms with van der Waals surface area (Å²) in [5, 5.41) is 0. The number of benzene rings is 1. The zero-order valence-corrected chi connectivity index (χ0v) is 7.78. The molecule has 0 aromatic heterocycles. The maximum Gasteiger partial charge on any atom is 0.147 e. The summed E-state index contributed by atoms with van der Waals surface area (Å²) in [4.78, 5) is 0. The molecule has 0 aliphatic carbocycles. The van der Waals surface area contributed by atoms with Gasteiger partial charge in [-0.05, 0) is 34.0 Å². The van der Waals surface area contributed by atoms with Crippen molar-refractivity contribution in [2.45, 2.75) is 13.3 Å². The van der Waals surface area contributed by atoms with Crippen molar-refractivity contribution >= 4 is 21.6 Å². The van der Waals surface area contributed by atoms with Gasteiger partial charge in [-0.15, -0.1) is 0 Å². The number of nitrogens with two attached hydrogens (primary N) is 1. The van der Waals surface area contributed by atoms with Crippen LogP contribution in [0.1, 0.15) is 12.5 Å². The van der Waals surface area contributed by atoms with Crippen LogP contribution in [-0.4, -0.2) is 0 Å². The molecule has 2 N–H and O–H groups in total. The van der Waals surface area contributed by atoms with E-state index in [-0.39, 0.29) is 11.5 Å². The van der Waals surface area contributed by atoms with Gasteiger partial charge in [0.2, 0.25) is 0 Å². The molecule has 0 spiro atoms. The molecule has 0 heterocycles. The van der Waals surface area contributed by atoms with E-state index in [1.165, 1.54) is 6.07 Å². The Bertz CT molecular complexity index is 273. The SMILES string of the molecule is CCc1ccc(F)c(N)c1Br. The Kier molecular flexibility index (Phi) is 2.49. The summed E-state index contributed by atoms with van der Waals surface area (Å²) in [6, 6.07) is 3.12. The number of rotatable bonds is 1. The van der Waals surface area contributed by atoms with Crippen molar-refractivity contribution in [3.05, 3.63) is 28.0 Å². The quantitative estimate of drug-likeness (QED) is 0.720. The first kappa shape index (κ1) is 8.53. The molecule has 1 rings (SSSR count). The number of halogens is 2. The molecule has 3 heteroatoms. The molecular formula is C8H9BrFN. The molecule has 0 saturated carbocycles. The summed E-state index contributed by atoms with van der Waals surface area (Å²) in [5.74, 6) is -0.367. The lowest BCUT2D eigenvalue weighted by molar-refractivity contribution is 0.631. The van der Waals surface area contributed by atoms with Gasteiger partial charge < -0.3 is 5.73 Å². The Morgan fingerprint density at radius 3 is 2.73 bits per heavy atom. The van der Waals surface area contributed by atoms with E-state index in [1.54, 1.807) is 6.07 Å². The van der Waals surface area contributed by atoms with Crippen LogP contribution >= 0.6 is 15.9 Å². The van der Waals surface area contributed by atoms with Crippen LogP contribution in [0.25, 0.3) is 0 Å². The minimum absolute atomic E-state index is 0.198. The molecule has 60 valence electrons. The van der Waals surface area contributed by atoms with Crippen LogP contribution in [-0.2, 0) is 6.42 Å². The second-order valence-corrected chi connectivity index (χ2v) is 3.08. The maximum absolute atomic E-state index is 12.7. The second kappa shape index (κ2) is 3.22. The fourth-order valence-corrected chi connectivity index (χ4v) is 1.49. The van der Waals surface area contributed by atoms with Crippen LogP contribution in [0, 0.1) is 5.82 Å². The topological polar surface area (TPSA) is 26.0 Å². The van der Waals surface area contributed by atoms with Gasteiger partial charge >= 0.3 is 0 Å². The maximum atomic E-state index is 12.7. The van der Waals surface area contributed by atoms with Crippen molar-refractivity contribution in [1.82, 2.24) is 0 Å². The first-order valence-electron chi connectivity index (χ1n) is 3.39. The lowest BCUT2D eigenvalue weighted by Crippen LogP contribution is -1.95. The zero-order chi connectivity index (χ0) is 8.43. The summed E-state index contributed by atoms with van der Waals surface area (Å²) in [5.41, 5.74) is 6.67. The molecule has 0 bridgehead atoms. The molecule has 0 unspecified atom stereocenters. The van der Waals surface area contributed by atoms with Crippen molar-refractivity contribution in [1.29, 1.82) is 0 Å². The molecule has 0 fully saturated rings. The third-order valence-corrected chi connectivity index (χ3v) is 2.52. The molecule has 0 aliphatic rings. The summed E-state index contributed by atoms with van der Waals surface area (Å²) < 4.78 is 13.4. The van der Waals surface area contributed by atoms with Crippen LogP contribution in [0.15, 0.2) is 16.6 Å². The third kappa shape index (κ3) is 1.53. The van der Waals surface area contributed by atoms with E-state index in [0.29, 0.717) is 4.47 Å². The highest BCUT2D eigenvalue weighted by molar-refractivity contribution is 9.10. The second-order valence-electron chi connectivity index (χ2n) is 2.29. The average Bonchev–Trinajstić information content (AvgIpc) is 2.01. The lowest BCUT2D eigenvalue weighted by atomic mass is 10.1. The summed E-state index contributed by atoms with van der Waals surface area (Å²) in [7, 11) is 0. The highest BCUT2D eigenvalue weighted by Crippen LogP contribution is 2.26. The summed E-state index contributed by atoms with van der Waals surface area (Å²) >= 11 is 3.23. The van der Waals surface area contributed by atoms with Crippen molar-refractivity contribution in [3.8, 4) is 0 Å². The van der Waals surface area contributed by atoms with Crippen molar-refractivity contribution in [2.24, 2.45) is 0 Å². The van der Waals surface area contributed by atoms with Crippen molar-refractivity contribution in [3.63, 3.8) is 0 Å². The minimum atomic E-state index is -0.367. The molecule has 1 aromatic carbocycles. The fourth-order valence-electron chi connectivity index (χ4n) is 0.888. The fraction of sp³-hybridized carbons (Fsp3) is 0.250. The van der Waals surface area contributed by atoms with Gasteiger partial charge in [0.1, 0.15) is 5.82 Å². The molecule has 0 amide bonds. The average molecular weight is 218 g/mol. The number of hydrogen-bond donors (Lipinski definition) is 1. The predicted molar refractivity (Wildman–Crippen MR) is 47.9 cm³/mol. The van der Waals surface area contributed by atoms with E-state index in [1.807, 2.05) is 6.92 Å². The monoisotopic (exact) mass is 217 g/mol. The number of hydrogen-bond acceptors (Lipinski definition) is 1. The van der Waals surface area contributed by atoms with Gasteiger partial charge in [0.05, 0.1) is 5.69 Å².